The highest BCUT2D eigenvalue weighted by Gasteiger charge is 2.05. The average molecular weight is 307 g/mol. The van der Waals surface area contributed by atoms with E-state index in [1.807, 2.05) is 0 Å². The van der Waals surface area contributed by atoms with Gasteiger partial charge in [0.2, 0.25) is 0 Å². The molecule has 0 aromatic rings. The molecule has 1 atom stereocenters. The normalized spacial score (nSPS) is 11.2. The van der Waals surface area contributed by atoms with Gasteiger partial charge in [0.05, 0.1) is 0 Å². The first-order valence-electron chi connectivity index (χ1n) is 6.87. The highest BCUT2D eigenvalue weighted by atomic mass is 79.9. The van der Waals surface area contributed by atoms with Gasteiger partial charge in [-0.15, -0.1) is 0 Å². The van der Waals surface area contributed by atoms with Gasteiger partial charge >= 0.3 is 0 Å². The summed E-state index contributed by atoms with van der Waals surface area (Å²) in [4.78, 5) is 0. The van der Waals surface area contributed by atoms with Gasteiger partial charge in [0.25, 0.3) is 0 Å². The second kappa shape index (κ2) is 12.1. The van der Waals surface area contributed by atoms with Gasteiger partial charge < -0.3 is 0 Å². The van der Waals surface area contributed by atoms with Gasteiger partial charge in [-0.25, -0.2) is 0 Å². The lowest BCUT2D eigenvalue weighted by molar-refractivity contribution is 0.698. The van der Waals surface area contributed by atoms with Gasteiger partial charge in [-0.1, -0.05) is 61.1 Å². The first-order chi connectivity index (χ1) is 7.79. The fourth-order valence-electron chi connectivity index (χ4n) is 1.85. The van der Waals surface area contributed by atoms with E-state index in [1.165, 1.54) is 57.8 Å². The Morgan fingerprint density at radius 2 is 1.25 bits per heavy atom. The van der Waals surface area contributed by atoms with Gasteiger partial charge in [-0.05, 0) is 51.1 Å². The third-order valence-electron chi connectivity index (χ3n) is 2.99. The topological polar surface area (TPSA) is 0 Å². The third-order valence-corrected chi connectivity index (χ3v) is 5.25. The second-order valence-electron chi connectivity index (χ2n) is 4.49. The highest BCUT2D eigenvalue weighted by Crippen LogP contribution is 2.39. The van der Waals surface area contributed by atoms with E-state index in [2.05, 4.69) is 36.3 Å². The van der Waals surface area contributed by atoms with E-state index in [0.717, 1.165) is 7.28 Å². The van der Waals surface area contributed by atoms with Crippen LogP contribution in [0, 0.1) is 0 Å². The molecule has 0 aromatic carbocycles. The summed E-state index contributed by atoms with van der Waals surface area (Å²) in [6.45, 7) is 6.87. The summed E-state index contributed by atoms with van der Waals surface area (Å²) in [6, 6.07) is 0. The summed E-state index contributed by atoms with van der Waals surface area (Å²) in [6.07, 6.45) is 12.1. The van der Waals surface area contributed by atoms with Crippen molar-refractivity contribution in [2.24, 2.45) is 0 Å². The molecule has 0 saturated carbocycles. The second-order valence-corrected chi connectivity index (χ2v) is 6.47. The zero-order chi connectivity index (χ0) is 12.2. The van der Waals surface area contributed by atoms with Crippen LogP contribution in [0.25, 0.3) is 0 Å². The lowest BCUT2D eigenvalue weighted by Crippen LogP contribution is -1.90. The van der Waals surface area contributed by atoms with Gasteiger partial charge in [0, 0.05) is 0 Å². The van der Waals surface area contributed by atoms with Crippen LogP contribution in [0.1, 0.15) is 78.6 Å². The van der Waals surface area contributed by atoms with Crippen LogP contribution in [0.4, 0.5) is 0 Å². The Balaban J connectivity index is 4.39. The SMILES string of the molecule is CCCCC(CCCC)=C(CCCC)PBr. The van der Waals surface area contributed by atoms with Crippen LogP contribution < -0.4 is 0 Å². The molecule has 0 aromatic heterocycles. The van der Waals surface area contributed by atoms with Crippen LogP contribution in [0.2, 0.25) is 0 Å². The fraction of sp³-hybridized carbons (Fsp3) is 0.857. The van der Waals surface area contributed by atoms with Crippen LogP contribution in [-0.4, -0.2) is 0 Å². The number of hydrogen-bond donors (Lipinski definition) is 0. The first-order valence-corrected chi connectivity index (χ1v) is 10.1. The number of rotatable bonds is 10. The molecule has 1 unspecified atom stereocenters. The van der Waals surface area contributed by atoms with Crippen molar-refractivity contribution in [2.75, 3.05) is 0 Å². The summed E-state index contributed by atoms with van der Waals surface area (Å²) in [5.41, 5.74) is 1.77. The van der Waals surface area contributed by atoms with Crippen LogP contribution in [0.5, 0.6) is 0 Å². The minimum Gasteiger partial charge on any atom is -0.0660 e. The van der Waals surface area contributed by atoms with Crippen molar-refractivity contribution >= 4 is 22.8 Å². The van der Waals surface area contributed by atoms with Gasteiger partial charge in [0.1, 0.15) is 0 Å². The predicted octanol–water partition coefficient (Wildman–Crippen LogP) is 6.80. The molecule has 96 valence electrons. The van der Waals surface area contributed by atoms with E-state index in [4.69, 9.17) is 0 Å². The molecular formula is C14H28BrP. The molecule has 0 N–H and O–H groups in total. The molecule has 0 spiro atoms. The Kier molecular flexibility index (Phi) is 12.6. The highest BCUT2D eigenvalue weighted by molar-refractivity contribution is 9.37. The molecule has 0 amide bonds. The van der Waals surface area contributed by atoms with Crippen LogP contribution >= 0.6 is 22.8 Å². The lowest BCUT2D eigenvalue weighted by atomic mass is 10.0. The zero-order valence-corrected chi connectivity index (χ0v) is 13.8. The first kappa shape index (κ1) is 16.6. The van der Waals surface area contributed by atoms with Crippen LogP contribution in [0.3, 0.4) is 0 Å². The number of hydrogen-bond acceptors (Lipinski definition) is 0. The van der Waals surface area contributed by atoms with Crippen molar-refractivity contribution in [3.05, 3.63) is 10.9 Å². The molecule has 0 nitrogen and oxygen atoms in total. The molecule has 0 rings (SSSR count). The van der Waals surface area contributed by atoms with Crippen molar-refractivity contribution in [3.8, 4) is 0 Å². The molecule has 0 aliphatic heterocycles. The minimum absolute atomic E-state index is 0.854. The number of unbranched alkanes of at least 4 members (excludes halogenated alkanes) is 3. The maximum absolute atomic E-state index is 3.70. The summed E-state index contributed by atoms with van der Waals surface area (Å²) >= 11 is 3.70. The van der Waals surface area contributed by atoms with E-state index in [9.17, 15) is 0 Å². The van der Waals surface area contributed by atoms with Gasteiger partial charge in [-0.3, -0.25) is 0 Å². The van der Waals surface area contributed by atoms with Crippen LogP contribution in [-0.2, 0) is 0 Å². The Morgan fingerprint density at radius 1 is 0.812 bits per heavy atom. The Morgan fingerprint density at radius 3 is 1.62 bits per heavy atom. The molecule has 0 saturated heterocycles. The standard InChI is InChI=1S/C14H28BrP/c1-4-7-10-13(11-8-5-2)14(16-15)12-9-6-3/h16H,4-12H2,1-3H3. The monoisotopic (exact) mass is 306 g/mol. The van der Waals surface area contributed by atoms with E-state index in [-0.39, 0.29) is 0 Å². The van der Waals surface area contributed by atoms with E-state index >= 15 is 0 Å². The molecular weight excluding hydrogens is 279 g/mol. The predicted molar refractivity (Wildman–Crippen MR) is 82.8 cm³/mol. The maximum atomic E-state index is 3.70. The summed E-state index contributed by atoms with van der Waals surface area (Å²) in [5.74, 6) is 0. The molecule has 0 radical (unpaired) electrons. The van der Waals surface area contributed by atoms with Crippen molar-refractivity contribution < 1.29 is 0 Å². The third kappa shape index (κ3) is 7.85. The zero-order valence-electron chi connectivity index (χ0n) is 11.2. The molecule has 0 bridgehead atoms. The van der Waals surface area contributed by atoms with Gasteiger partial charge in [-0.2, -0.15) is 0 Å². The Bertz CT molecular complexity index is 177. The maximum Gasteiger partial charge on any atom is -0.0235 e. The summed E-state index contributed by atoms with van der Waals surface area (Å²) in [7, 11) is 0.854. The Hall–Kier alpha value is 0.650. The van der Waals surface area contributed by atoms with Crippen molar-refractivity contribution in [1.82, 2.24) is 0 Å². The van der Waals surface area contributed by atoms with Crippen molar-refractivity contribution in [1.29, 1.82) is 0 Å². The lowest BCUT2D eigenvalue weighted by Gasteiger charge is -2.13. The Labute approximate surface area is 112 Å². The molecule has 2 heteroatoms. The molecule has 16 heavy (non-hydrogen) atoms. The van der Waals surface area contributed by atoms with Crippen molar-refractivity contribution in [2.45, 2.75) is 78.6 Å². The van der Waals surface area contributed by atoms with Crippen molar-refractivity contribution in [3.63, 3.8) is 0 Å². The fourth-order valence-corrected chi connectivity index (χ4v) is 3.94. The molecule has 0 fully saturated rings. The summed E-state index contributed by atoms with van der Waals surface area (Å²) in [5, 5.41) is 1.73. The number of halogens is 1. The molecule has 0 aliphatic carbocycles. The number of allylic oxidation sites excluding steroid dienone is 2. The molecule has 0 heterocycles. The van der Waals surface area contributed by atoms with E-state index in [1.54, 1.807) is 10.9 Å². The smallest absolute Gasteiger partial charge is 0.0235 e. The van der Waals surface area contributed by atoms with Gasteiger partial charge in [0.15, 0.2) is 0 Å². The molecule has 0 aliphatic rings. The minimum atomic E-state index is 0.854. The quantitative estimate of drug-likeness (QED) is 0.389. The van der Waals surface area contributed by atoms with E-state index < -0.39 is 0 Å². The van der Waals surface area contributed by atoms with Crippen LogP contribution in [0.15, 0.2) is 10.9 Å². The van der Waals surface area contributed by atoms with E-state index in [0.29, 0.717) is 0 Å². The summed E-state index contributed by atoms with van der Waals surface area (Å²) < 4.78 is 0. The average Bonchev–Trinajstić information content (AvgIpc) is 2.32. The largest absolute Gasteiger partial charge is 0.0660 e.